The first kappa shape index (κ1) is 18.9. The Kier molecular flexibility index (Phi) is 7.05. The molecule has 1 fully saturated rings. The number of hydrogen-bond acceptors (Lipinski definition) is 5. The third-order valence-corrected chi connectivity index (χ3v) is 5.00. The molecule has 0 radical (unpaired) electrons. The Labute approximate surface area is 159 Å². The van der Waals surface area contributed by atoms with Gasteiger partial charge >= 0.3 is 0 Å². The first-order chi connectivity index (χ1) is 12.8. The first-order valence-corrected chi connectivity index (χ1v) is 10.3. The van der Waals surface area contributed by atoms with Crippen molar-refractivity contribution in [1.82, 2.24) is 15.2 Å². The zero-order valence-corrected chi connectivity index (χ0v) is 15.9. The molecule has 6 heteroatoms. The van der Waals surface area contributed by atoms with Crippen LogP contribution in [0.1, 0.15) is 15.9 Å². The molecule has 26 heavy (non-hydrogen) atoms. The zero-order chi connectivity index (χ0) is 18.2. The minimum atomic E-state index is -0.0425. The van der Waals surface area contributed by atoms with Crippen molar-refractivity contribution in [2.45, 2.75) is 5.75 Å². The van der Waals surface area contributed by atoms with Crippen LogP contribution >= 0.6 is 11.8 Å². The first-order valence-electron chi connectivity index (χ1n) is 8.89. The van der Waals surface area contributed by atoms with Crippen molar-refractivity contribution >= 4 is 17.7 Å². The van der Waals surface area contributed by atoms with Crippen LogP contribution in [0.25, 0.3) is 11.3 Å². The lowest BCUT2D eigenvalue weighted by Gasteiger charge is -2.26. The number of nitrogens with one attached hydrogen (secondary N) is 1. The zero-order valence-electron chi connectivity index (χ0n) is 15.1. The molecule has 5 nitrogen and oxygen atoms in total. The third-order valence-electron chi connectivity index (χ3n) is 4.37. The summed E-state index contributed by atoms with van der Waals surface area (Å²) in [5, 5.41) is 3.01. The van der Waals surface area contributed by atoms with E-state index in [2.05, 4.69) is 27.5 Å². The van der Waals surface area contributed by atoms with Gasteiger partial charge in [0.2, 0.25) is 0 Å². The van der Waals surface area contributed by atoms with Gasteiger partial charge < -0.3 is 10.1 Å². The summed E-state index contributed by atoms with van der Waals surface area (Å²) in [4.78, 5) is 19.3. The topological polar surface area (TPSA) is 54.5 Å². The fourth-order valence-electron chi connectivity index (χ4n) is 2.92. The molecule has 0 saturated carbocycles. The number of aromatic nitrogens is 1. The Morgan fingerprint density at radius 2 is 2.12 bits per heavy atom. The molecule has 0 aliphatic carbocycles. The summed E-state index contributed by atoms with van der Waals surface area (Å²) in [6, 6.07) is 11.7. The van der Waals surface area contributed by atoms with E-state index in [1.165, 1.54) is 5.56 Å². The molecule has 138 valence electrons. The highest BCUT2D eigenvalue weighted by Crippen LogP contribution is 2.19. The van der Waals surface area contributed by atoms with Crippen molar-refractivity contribution in [3.05, 3.63) is 53.7 Å². The Bertz CT molecular complexity index is 715. The second kappa shape index (κ2) is 9.71. The van der Waals surface area contributed by atoms with E-state index in [-0.39, 0.29) is 5.91 Å². The Balaban J connectivity index is 1.58. The summed E-state index contributed by atoms with van der Waals surface area (Å²) >= 11 is 1.78. The quantitative estimate of drug-likeness (QED) is 0.811. The number of pyridine rings is 1. The van der Waals surface area contributed by atoms with Gasteiger partial charge in [0.15, 0.2) is 0 Å². The summed E-state index contributed by atoms with van der Waals surface area (Å²) < 4.78 is 5.34. The largest absolute Gasteiger partial charge is 0.379 e. The van der Waals surface area contributed by atoms with Crippen LogP contribution in [-0.2, 0) is 10.5 Å². The van der Waals surface area contributed by atoms with E-state index in [1.807, 2.05) is 36.5 Å². The number of thioether (sulfide) groups is 1. The summed E-state index contributed by atoms with van der Waals surface area (Å²) in [5.74, 6) is 0.915. The van der Waals surface area contributed by atoms with Crippen molar-refractivity contribution in [2.24, 2.45) is 0 Å². The number of hydrogen-bond donors (Lipinski definition) is 1. The van der Waals surface area contributed by atoms with Crippen molar-refractivity contribution < 1.29 is 9.53 Å². The van der Waals surface area contributed by atoms with Gasteiger partial charge in [0.05, 0.1) is 18.9 Å². The Morgan fingerprint density at radius 1 is 1.27 bits per heavy atom. The van der Waals surface area contributed by atoms with Gasteiger partial charge in [-0.3, -0.25) is 14.7 Å². The van der Waals surface area contributed by atoms with E-state index in [1.54, 1.807) is 11.8 Å². The SMILES string of the molecule is CSCc1ccc(-c2cccc(C(=O)NCCN3CCOCC3)c2)nc1. The lowest BCUT2D eigenvalue weighted by molar-refractivity contribution is 0.0383. The second-order valence-electron chi connectivity index (χ2n) is 6.28. The number of carbonyl (C=O) groups excluding carboxylic acids is 1. The minimum absolute atomic E-state index is 0.0425. The highest BCUT2D eigenvalue weighted by atomic mass is 32.2. The summed E-state index contributed by atoms with van der Waals surface area (Å²) in [6.07, 6.45) is 3.98. The van der Waals surface area contributed by atoms with E-state index >= 15 is 0 Å². The molecule has 2 heterocycles. The van der Waals surface area contributed by atoms with Gasteiger partial charge in [-0.15, -0.1) is 0 Å². The van der Waals surface area contributed by atoms with Crippen molar-refractivity contribution in [3.8, 4) is 11.3 Å². The van der Waals surface area contributed by atoms with E-state index in [4.69, 9.17) is 4.74 Å². The lowest BCUT2D eigenvalue weighted by atomic mass is 10.1. The van der Waals surface area contributed by atoms with Crippen molar-refractivity contribution in [3.63, 3.8) is 0 Å². The Morgan fingerprint density at radius 3 is 2.85 bits per heavy atom. The molecule has 2 aromatic rings. The van der Waals surface area contributed by atoms with Gasteiger partial charge in [-0.25, -0.2) is 0 Å². The number of nitrogens with zero attached hydrogens (tertiary/aromatic N) is 2. The van der Waals surface area contributed by atoms with E-state index in [0.717, 1.165) is 49.9 Å². The number of amides is 1. The molecular weight excluding hydrogens is 346 g/mol. The van der Waals surface area contributed by atoms with Gasteiger partial charge in [0, 0.05) is 49.3 Å². The normalized spacial score (nSPS) is 15.0. The maximum absolute atomic E-state index is 12.4. The average Bonchev–Trinajstić information content (AvgIpc) is 2.70. The standard InChI is InChI=1S/C20H25N3O2S/c1-26-15-16-5-6-19(22-14-16)17-3-2-4-18(13-17)20(24)21-7-8-23-9-11-25-12-10-23/h2-6,13-14H,7-12,15H2,1H3,(H,21,24). The van der Waals surface area contributed by atoms with Crippen LogP contribution in [0.15, 0.2) is 42.6 Å². The van der Waals surface area contributed by atoms with Gasteiger partial charge in [-0.2, -0.15) is 11.8 Å². The Hall–Kier alpha value is -1.89. The van der Waals surface area contributed by atoms with Gasteiger partial charge in [0.1, 0.15) is 0 Å². The molecule has 1 aromatic heterocycles. The molecule has 1 N–H and O–H groups in total. The van der Waals surface area contributed by atoms with Crippen LogP contribution in [0.5, 0.6) is 0 Å². The predicted octanol–water partition coefficient (Wildman–Crippen LogP) is 2.67. The molecule has 0 atom stereocenters. The van der Waals surface area contributed by atoms with Crippen molar-refractivity contribution in [2.75, 3.05) is 45.6 Å². The lowest BCUT2D eigenvalue weighted by Crippen LogP contribution is -2.41. The fourth-order valence-corrected chi connectivity index (χ4v) is 3.43. The molecule has 1 amide bonds. The van der Waals surface area contributed by atoms with Gasteiger partial charge in [0.25, 0.3) is 5.91 Å². The van der Waals surface area contributed by atoms with Crippen LogP contribution in [-0.4, -0.2) is 61.4 Å². The number of carbonyl (C=O) groups is 1. The monoisotopic (exact) mass is 371 g/mol. The summed E-state index contributed by atoms with van der Waals surface area (Å²) in [7, 11) is 0. The average molecular weight is 372 g/mol. The second-order valence-corrected chi connectivity index (χ2v) is 7.14. The highest BCUT2D eigenvalue weighted by molar-refractivity contribution is 7.97. The molecule has 1 aromatic carbocycles. The number of ether oxygens (including phenoxy) is 1. The summed E-state index contributed by atoms with van der Waals surface area (Å²) in [5.41, 5.74) is 3.72. The van der Waals surface area contributed by atoms with E-state index in [0.29, 0.717) is 12.1 Å². The molecule has 0 bridgehead atoms. The van der Waals surface area contributed by atoms with Crippen LogP contribution in [0, 0.1) is 0 Å². The van der Waals surface area contributed by atoms with Crippen molar-refractivity contribution in [1.29, 1.82) is 0 Å². The fraction of sp³-hybridized carbons (Fsp3) is 0.400. The smallest absolute Gasteiger partial charge is 0.251 e. The number of morpholine rings is 1. The predicted molar refractivity (Wildman–Crippen MR) is 106 cm³/mol. The minimum Gasteiger partial charge on any atom is -0.379 e. The van der Waals surface area contributed by atoms with Crippen LogP contribution in [0.2, 0.25) is 0 Å². The highest BCUT2D eigenvalue weighted by Gasteiger charge is 2.11. The summed E-state index contributed by atoms with van der Waals surface area (Å²) in [6.45, 7) is 4.92. The maximum atomic E-state index is 12.4. The molecule has 1 aliphatic heterocycles. The maximum Gasteiger partial charge on any atom is 0.251 e. The van der Waals surface area contributed by atoms with Crippen LogP contribution < -0.4 is 5.32 Å². The number of rotatable bonds is 7. The van der Waals surface area contributed by atoms with Gasteiger partial charge in [-0.1, -0.05) is 18.2 Å². The molecular formula is C20H25N3O2S. The number of benzene rings is 1. The molecule has 1 aliphatic rings. The van der Waals surface area contributed by atoms with Crippen LogP contribution in [0.3, 0.4) is 0 Å². The molecule has 1 saturated heterocycles. The molecule has 0 spiro atoms. The third kappa shape index (κ3) is 5.30. The molecule has 3 rings (SSSR count). The van der Waals surface area contributed by atoms with Crippen LogP contribution in [0.4, 0.5) is 0 Å². The van der Waals surface area contributed by atoms with Gasteiger partial charge in [-0.05, 0) is 30.0 Å². The molecule has 0 unspecified atom stereocenters. The van der Waals surface area contributed by atoms with E-state index < -0.39 is 0 Å². The van der Waals surface area contributed by atoms with E-state index in [9.17, 15) is 4.79 Å².